The van der Waals surface area contributed by atoms with E-state index in [4.69, 9.17) is 0 Å². The molecule has 1 unspecified atom stereocenters. The zero-order valence-electron chi connectivity index (χ0n) is 11.2. The predicted octanol–water partition coefficient (Wildman–Crippen LogP) is 3.29. The number of aromatic amines is 1. The van der Waals surface area contributed by atoms with Crippen molar-refractivity contribution in [1.29, 1.82) is 0 Å². The summed E-state index contributed by atoms with van der Waals surface area (Å²) in [4.78, 5) is 17.2. The number of carbonyl (C=O) groups is 1. The lowest BCUT2D eigenvalue weighted by atomic mass is 10.1. The molecule has 3 heteroatoms. The zero-order chi connectivity index (χ0) is 13.1. The highest BCUT2D eigenvalue weighted by molar-refractivity contribution is 5.97. The van der Waals surface area contributed by atoms with Crippen LogP contribution in [-0.2, 0) is 0 Å². The van der Waals surface area contributed by atoms with Crippen LogP contribution in [0.25, 0.3) is 10.9 Å². The van der Waals surface area contributed by atoms with Gasteiger partial charge in [-0.2, -0.15) is 0 Å². The Balaban J connectivity index is 2.17. The zero-order valence-corrected chi connectivity index (χ0v) is 11.2. The van der Waals surface area contributed by atoms with Gasteiger partial charge < -0.3 is 9.88 Å². The summed E-state index contributed by atoms with van der Waals surface area (Å²) >= 11 is 0. The van der Waals surface area contributed by atoms with Crippen molar-refractivity contribution in [2.45, 2.75) is 20.3 Å². The first-order valence-electron chi connectivity index (χ1n) is 6.45. The quantitative estimate of drug-likeness (QED) is 0.880. The van der Waals surface area contributed by atoms with Gasteiger partial charge in [-0.25, -0.2) is 0 Å². The Labute approximate surface area is 108 Å². The fraction of sp³-hybridized carbons (Fsp3) is 0.400. The molecule has 0 aliphatic rings. The maximum atomic E-state index is 12.3. The van der Waals surface area contributed by atoms with Crippen molar-refractivity contribution >= 4 is 16.8 Å². The van der Waals surface area contributed by atoms with Crippen LogP contribution in [0.2, 0.25) is 0 Å². The molecule has 0 bridgehead atoms. The molecule has 0 saturated carbocycles. The third kappa shape index (κ3) is 2.55. The van der Waals surface area contributed by atoms with E-state index < -0.39 is 0 Å². The van der Waals surface area contributed by atoms with Gasteiger partial charge in [-0.3, -0.25) is 4.79 Å². The number of fused-ring (bicyclic) bond motifs is 1. The molecule has 18 heavy (non-hydrogen) atoms. The second-order valence-corrected chi connectivity index (χ2v) is 4.97. The largest absolute Gasteiger partial charge is 0.351 e. The number of para-hydroxylation sites is 1. The van der Waals surface area contributed by atoms with Crippen LogP contribution in [0, 0.1) is 5.92 Å². The lowest BCUT2D eigenvalue weighted by molar-refractivity contribution is 0.0770. The van der Waals surface area contributed by atoms with E-state index in [0.29, 0.717) is 11.6 Å². The minimum atomic E-state index is 0.0616. The van der Waals surface area contributed by atoms with Gasteiger partial charge in [0.05, 0.1) is 0 Å². The first-order chi connectivity index (χ1) is 8.61. The summed E-state index contributed by atoms with van der Waals surface area (Å²) in [6.07, 6.45) is 1.09. The van der Waals surface area contributed by atoms with Crippen LogP contribution in [0.3, 0.4) is 0 Å². The number of nitrogens with one attached hydrogen (secondary N) is 1. The molecular formula is C15H20N2O. The van der Waals surface area contributed by atoms with Crippen LogP contribution in [0.5, 0.6) is 0 Å². The van der Waals surface area contributed by atoms with E-state index in [0.717, 1.165) is 23.9 Å². The molecule has 0 saturated heterocycles. The molecule has 1 heterocycles. The first kappa shape index (κ1) is 12.7. The molecule has 0 spiro atoms. The molecule has 1 aromatic heterocycles. The molecule has 2 aromatic rings. The molecule has 1 N–H and O–H groups in total. The standard InChI is InChI=1S/C15H20N2O/c1-4-11(2)10-17(3)15(18)14-9-12-7-5-6-8-13(12)16-14/h5-9,11,16H,4,10H2,1-3H3. The summed E-state index contributed by atoms with van der Waals surface area (Å²) in [6.45, 7) is 5.10. The Morgan fingerprint density at radius 3 is 2.78 bits per heavy atom. The van der Waals surface area contributed by atoms with Gasteiger partial charge in [-0.1, -0.05) is 38.5 Å². The van der Waals surface area contributed by atoms with E-state index in [1.807, 2.05) is 37.4 Å². The Morgan fingerprint density at radius 2 is 2.11 bits per heavy atom. The minimum Gasteiger partial charge on any atom is -0.351 e. The van der Waals surface area contributed by atoms with Crippen molar-refractivity contribution in [2.75, 3.05) is 13.6 Å². The van der Waals surface area contributed by atoms with Gasteiger partial charge in [0, 0.05) is 24.5 Å². The summed E-state index contributed by atoms with van der Waals surface area (Å²) in [5, 5.41) is 1.08. The van der Waals surface area contributed by atoms with Crippen molar-refractivity contribution in [3.05, 3.63) is 36.0 Å². The topological polar surface area (TPSA) is 36.1 Å². The molecule has 3 nitrogen and oxygen atoms in total. The van der Waals surface area contributed by atoms with E-state index in [2.05, 4.69) is 18.8 Å². The molecule has 2 rings (SSSR count). The second-order valence-electron chi connectivity index (χ2n) is 4.97. The third-order valence-corrected chi connectivity index (χ3v) is 3.39. The fourth-order valence-corrected chi connectivity index (χ4v) is 2.07. The molecule has 1 atom stereocenters. The highest BCUT2D eigenvalue weighted by atomic mass is 16.2. The Kier molecular flexibility index (Phi) is 3.70. The van der Waals surface area contributed by atoms with Crippen LogP contribution >= 0.6 is 0 Å². The van der Waals surface area contributed by atoms with Gasteiger partial charge >= 0.3 is 0 Å². The number of nitrogens with zero attached hydrogens (tertiary/aromatic N) is 1. The SMILES string of the molecule is CCC(C)CN(C)C(=O)c1cc2ccccc2[nH]1. The van der Waals surface area contributed by atoms with Crippen LogP contribution in [0.4, 0.5) is 0 Å². The smallest absolute Gasteiger partial charge is 0.270 e. The van der Waals surface area contributed by atoms with Crippen molar-refractivity contribution in [1.82, 2.24) is 9.88 Å². The average molecular weight is 244 g/mol. The van der Waals surface area contributed by atoms with E-state index in [1.54, 1.807) is 4.90 Å². The molecule has 0 aliphatic heterocycles. The van der Waals surface area contributed by atoms with Crippen molar-refractivity contribution in [3.63, 3.8) is 0 Å². The summed E-state index contributed by atoms with van der Waals surface area (Å²) in [7, 11) is 1.86. The Bertz CT molecular complexity index is 511. The average Bonchev–Trinajstić information content (AvgIpc) is 2.81. The number of hydrogen-bond acceptors (Lipinski definition) is 1. The van der Waals surface area contributed by atoms with Crippen molar-refractivity contribution in [2.24, 2.45) is 5.92 Å². The molecule has 0 aliphatic carbocycles. The number of hydrogen-bond donors (Lipinski definition) is 1. The first-order valence-corrected chi connectivity index (χ1v) is 6.45. The number of amides is 1. The highest BCUT2D eigenvalue weighted by Crippen LogP contribution is 2.16. The fourth-order valence-electron chi connectivity index (χ4n) is 2.07. The van der Waals surface area contributed by atoms with Gasteiger partial charge in [0.2, 0.25) is 0 Å². The minimum absolute atomic E-state index is 0.0616. The molecule has 96 valence electrons. The number of aromatic nitrogens is 1. The predicted molar refractivity (Wildman–Crippen MR) is 74.7 cm³/mol. The van der Waals surface area contributed by atoms with E-state index >= 15 is 0 Å². The third-order valence-electron chi connectivity index (χ3n) is 3.39. The van der Waals surface area contributed by atoms with E-state index in [1.165, 1.54) is 0 Å². The van der Waals surface area contributed by atoms with Gasteiger partial charge in [0.1, 0.15) is 5.69 Å². The van der Waals surface area contributed by atoms with Gasteiger partial charge in [0.15, 0.2) is 0 Å². The van der Waals surface area contributed by atoms with Gasteiger partial charge in [-0.05, 0) is 18.1 Å². The van der Waals surface area contributed by atoms with Crippen LogP contribution in [-0.4, -0.2) is 29.4 Å². The van der Waals surface area contributed by atoms with Crippen molar-refractivity contribution < 1.29 is 4.79 Å². The second kappa shape index (κ2) is 5.25. The lowest BCUT2D eigenvalue weighted by Crippen LogP contribution is -2.31. The molecule has 0 radical (unpaired) electrons. The van der Waals surface area contributed by atoms with Crippen LogP contribution < -0.4 is 0 Å². The normalized spacial score (nSPS) is 12.6. The Hall–Kier alpha value is -1.77. The number of carbonyl (C=O) groups excluding carboxylic acids is 1. The summed E-state index contributed by atoms with van der Waals surface area (Å²) < 4.78 is 0. The molecule has 1 amide bonds. The van der Waals surface area contributed by atoms with Crippen molar-refractivity contribution in [3.8, 4) is 0 Å². The molecular weight excluding hydrogens is 224 g/mol. The summed E-state index contributed by atoms with van der Waals surface area (Å²) in [6, 6.07) is 9.87. The van der Waals surface area contributed by atoms with Crippen LogP contribution in [0.15, 0.2) is 30.3 Å². The van der Waals surface area contributed by atoms with E-state index in [-0.39, 0.29) is 5.91 Å². The maximum Gasteiger partial charge on any atom is 0.270 e. The van der Waals surface area contributed by atoms with Gasteiger partial charge in [-0.15, -0.1) is 0 Å². The highest BCUT2D eigenvalue weighted by Gasteiger charge is 2.15. The monoisotopic (exact) mass is 244 g/mol. The van der Waals surface area contributed by atoms with Crippen LogP contribution in [0.1, 0.15) is 30.8 Å². The summed E-state index contributed by atoms with van der Waals surface area (Å²) in [5.41, 5.74) is 1.68. The van der Waals surface area contributed by atoms with Gasteiger partial charge in [0.25, 0.3) is 5.91 Å². The number of benzene rings is 1. The lowest BCUT2D eigenvalue weighted by Gasteiger charge is -2.20. The molecule has 0 fully saturated rings. The maximum absolute atomic E-state index is 12.3. The molecule has 1 aromatic carbocycles. The Morgan fingerprint density at radius 1 is 1.39 bits per heavy atom. The van der Waals surface area contributed by atoms with E-state index in [9.17, 15) is 4.79 Å². The number of H-pyrrole nitrogens is 1. The summed E-state index contributed by atoms with van der Waals surface area (Å²) in [5.74, 6) is 0.592. The number of rotatable bonds is 4.